The highest BCUT2D eigenvalue weighted by molar-refractivity contribution is 5.97. The Labute approximate surface area is 226 Å². The summed E-state index contributed by atoms with van der Waals surface area (Å²) in [5.41, 5.74) is 7.12. The van der Waals surface area contributed by atoms with Gasteiger partial charge in [-0.1, -0.05) is 37.3 Å². The number of rotatable bonds is 15. The van der Waals surface area contributed by atoms with Crippen LogP contribution in [0.4, 0.5) is 5.69 Å². The Morgan fingerprint density at radius 1 is 0.872 bits per heavy atom. The minimum atomic E-state index is -1.45. The Bertz CT molecular complexity index is 1170. The predicted octanol–water partition coefficient (Wildman–Crippen LogP) is 0.903. The fourth-order valence-corrected chi connectivity index (χ4v) is 3.54. The summed E-state index contributed by atoms with van der Waals surface area (Å²) in [5.74, 6) is -3.87. The van der Waals surface area contributed by atoms with E-state index < -0.39 is 48.1 Å². The fourth-order valence-electron chi connectivity index (χ4n) is 3.54. The number of nitrogens with two attached hydrogens (primary N) is 1. The van der Waals surface area contributed by atoms with E-state index in [1.54, 1.807) is 48.5 Å². The number of carboxylic acid groups (broad SMARTS) is 1. The molecule has 0 aliphatic carbocycles. The van der Waals surface area contributed by atoms with Gasteiger partial charge in [-0.3, -0.25) is 29.4 Å². The number of hydrogen-bond acceptors (Lipinski definition) is 6. The number of nitrogen functional groups attached to an aromatic ring is 1. The van der Waals surface area contributed by atoms with Crippen molar-refractivity contribution in [1.82, 2.24) is 16.0 Å². The zero-order valence-corrected chi connectivity index (χ0v) is 21.7. The first-order valence-corrected chi connectivity index (χ1v) is 12.5. The number of hydrogen-bond donors (Lipinski definition) is 7. The topological polar surface area (TPSA) is 204 Å². The summed E-state index contributed by atoms with van der Waals surface area (Å²) in [5, 5.41) is 26.9. The predicted molar refractivity (Wildman–Crippen MR) is 145 cm³/mol. The first kappa shape index (κ1) is 30.5. The van der Waals surface area contributed by atoms with Gasteiger partial charge in [0.15, 0.2) is 0 Å². The summed E-state index contributed by atoms with van der Waals surface area (Å²) in [7, 11) is 0. The number of anilines is 1. The van der Waals surface area contributed by atoms with E-state index in [1.807, 2.05) is 13.0 Å². The van der Waals surface area contributed by atoms with Crippen LogP contribution in [0.1, 0.15) is 43.7 Å². The van der Waals surface area contributed by atoms with E-state index in [4.69, 9.17) is 11.1 Å². The van der Waals surface area contributed by atoms with Crippen molar-refractivity contribution in [3.63, 3.8) is 0 Å². The van der Waals surface area contributed by atoms with Crippen LogP contribution >= 0.6 is 0 Å². The molecule has 4 amide bonds. The number of carbonyl (C=O) groups excluding carboxylic acids is 4. The number of benzene rings is 2. The van der Waals surface area contributed by atoms with Crippen molar-refractivity contribution >= 4 is 41.1 Å². The van der Waals surface area contributed by atoms with E-state index in [-0.39, 0.29) is 25.1 Å². The number of aliphatic carboxylic acids is 1. The summed E-state index contributed by atoms with van der Waals surface area (Å²) in [6.07, 6.45) is -0.375. The van der Waals surface area contributed by atoms with Crippen molar-refractivity contribution in [2.24, 2.45) is 5.73 Å². The molecule has 0 aliphatic heterocycles. The van der Waals surface area contributed by atoms with E-state index in [0.29, 0.717) is 24.2 Å². The Morgan fingerprint density at radius 2 is 1.51 bits per heavy atom. The lowest BCUT2D eigenvalue weighted by Gasteiger charge is -2.22. The monoisotopic (exact) mass is 538 g/mol. The number of nitrogens with one attached hydrogen (secondary N) is 5. The van der Waals surface area contributed by atoms with Gasteiger partial charge in [0, 0.05) is 37.1 Å². The maximum absolute atomic E-state index is 13.0. The molecule has 2 aromatic rings. The van der Waals surface area contributed by atoms with E-state index >= 15 is 0 Å². The molecular formula is C27H34N6O6. The Hall–Kier alpha value is -4.74. The summed E-state index contributed by atoms with van der Waals surface area (Å²) in [6, 6.07) is 12.8. The zero-order valence-electron chi connectivity index (χ0n) is 21.7. The van der Waals surface area contributed by atoms with Crippen LogP contribution in [0.25, 0.3) is 0 Å². The van der Waals surface area contributed by atoms with Crippen LogP contribution in [-0.4, -0.2) is 59.2 Å². The van der Waals surface area contributed by atoms with Crippen molar-refractivity contribution in [3.8, 4) is 0 Å². The first-order chi connectivity index (χ1) is 18.6. The van der Waals surface area contributed by atoms with Crippen LogP contribution in [0.3, 0.4) is 0 Å². The van der Waals surface area contributed by atoms with Crippen molar-refractivity contribution in [2.75, 3.05) is 11.9 Å². The van der Waals surface area contributed by atoms with Crippen LogP contribution in [0.2, 0.25) is 0 Å². The van der Waals surface area contributed by atoms with Crippen molar-refractivity contribution in [2.45, 2.75) is 51.1 Å². The second-order valence-electron chi connectivity index (χ2n) is 8.80. The van der Waals surface area contributed by atoms with Gasteiger partial charge in [-0.05, 0) is 36.2 Å². The van der Waals surface area contributed by atoms with Crippen LogP contribution in [0.15, 0.2) is 54.6 Å². The van der Waals surface area contributed by atoms with Crippen LogP contribution < -0.4 is 27.0 Å². The van der Waals surface area contributed by atoms with E-state index in [1.165, 1.54) is 0 Å². The lowest BCUT2D eigenvalue weighted by molar-refractivity contribution is -0.141. The van der Waals surface area contributed by atoms with Crippen LogP contribution in [0.5, 0.6) is 0 Å². The molecular weight excluding hydrogens is 504 g/mol. The molecule has 0 aliphatic rings. The van der Waals surface area contributed by atoms with Gasteiger partial charge in [0.25, 0.3) is 0 Å². The maximum atomic E-state index is 13.0. The summed E-state index contributed by atoms with van der Waals surface area (Å²) >= 11 is 0. The van der Waals surface area contributed by atoms with Gasteiger partial charge in [0.2, 0.25) is 23.6 Å². The fraction of sp³-hybridized carbons (Fsp3) is 0.333. The van der Waals surface area contributed by atoms with Crippen molar-refractivity contribution < 1.29 is 29.1 Å². The van der Waals surface area contributed by atoms with E-state index in [2.05, 4.69) is 21.3 Å². The molecule has 39 heavy (non-hydrogen) atoms. The van der Waals surface area contributed by atoms with Crippen molar-refractivity contribution in [1.29, 1.82) is 5.41 Å². The molecule has 0 saturated carbocycles. The second-order valence-corrected chi connectivity index (χ2v) is 8.80. The molecule has 8 N–H and O–H groups in total. The molecule has 2 aromatic carbocycles. The molecule has 208 valence electrons. The number of amidine groups is 1. The van der Waals surface area contributed by atoms with Crippen LogP contribution in [0, 0.1) is 5.41 Å². The van der Waals surface area contributed by atoms with E-state index in [0.717, 1.165) is 5.56 Å². The minimum absolute atomic E-state index is 0.113. The number of carbonyl (C=O) groups is 5. The molecule has 12 nitrogen and oxygen atoms in total. The van der Waals surface area contributed by atoms with Gasteiger partial charge in [-0.15, -0.1) is 0 Å². The summed E-state index contributed by atoms with van der Waals surface area (Å²) < 4.78 is 0. The summed E-state index contributed by atoms with van der Waals surface area (Å²) in [4.78, 5) is 61.8. The van der Waals surface area contributed by atoms with Gasteiger partial charge in [0.1, 0.15) is 17.9 Å². The highest BCUT2D eigenvalue weighted by Gasteiger charge is 2.28. The highest BCUT2D eigenvalue weighted by Crippen LogP contribution is 2.10. The molecule has 0 spiro atoms. The normalized spacial score (nSPS) is 11.9. The quantitative estimate of drug-likeness (QED) is 0.129. The number of amides is 4. The molecule has 0 heterocycles. The van der Waals surface area contributed by atoms with Gasteiger partial charge in [-0.25, -0.2) is 0 Å². The van der Waals surface area contributed by atoms with Gasteiger partial charge in [-0.2, -0.15) is 0 Å². The molecule has 2 rings (SSSR count). The molecule has 2 atom stereocenters. The van der Waals surface area contributed by atoms with Gasteiger partial charge >= 0.3 is 5.97 Å². The van der Waals surface area contributed by atoms with Crippen molar-refractivity contribution in [3.05, 3.63) is 65.7 Å². The van der Waals surface area contributed by atoms with E-state index in [9.17, 15) is 29.1 Å². The maximum Gasteiger partial charge on any atom is 0.305 e. The molecule has 0 saturated heterocycles. The first-order valence-electron chi connectivity index (χ1n) is 12.5. The number of carboxylic acids is 1. The molecule has 0 bridgehead atoms. The lowest BCUT2D eigenvalue weighted by atomic mass is 10.0. The summed E-state index contributed by atoms with van der Waals surface area (Å²) in [6.45, 7) is 2.28. The molecule has 0 unspecified atom stereocenters. The lowest BCUT2D eigenvalue weighted by Crippen LogP contribution is -2.55. The molecule has 0 radical (unpaired) electrons. The molecule has 0 fully saturated rings. The third kappa shape index (κ3) is 11.0. The van der Waals surface area contributed by atoms with Gasteiger partial charge in [0.05, 0.1) is 6.42 Å². The third-order valence-electron chi connectivity index (χ3n) is 5.55. The smallest absolute Gasteiger partial charge is 0.305 e. The average Bonchev–Trinajstić information content (AvgIpc) is 2.90. The van der Waals surface area contributed by atoms with Gasteiger partial charge < -0.3 is 32.1 Å². The molecule has 0 aromatic heterocycles. The SMILES string of the molecule is CCCNC(=O)[C@H](Cc1ccccc1)NC(=O)[C@H](CC(=O)O)NC(=O)CCC(=O)Nc1ccc(C(=N)N)cc1. The highest BCUT2D eigenvalue weighted by atomic mass is 16.4. The zero-order chi connectivity index (χ0) is 28.8. The van der Waals surface area contributed by atoms with Crippen LogP contribution in [-0.2, 0) is 30.4 Å². The largest absolute Gasteiger partial charge is 0.481 e. The second kappa shape index (κ2) is 15.5. The Balaban J connectivity index is 1.99. The Kier molecular flexibility index (Phi) is 12.1. The third-order valence-corrected chi connectivity index (χ3v) is 5.55. The standard InChI is InChI=1S/C27H34N6O6/c1-2-14-30-26(38)20(15-17-6-4-3-5-7-17)33-27(39)21(16-24(36)37)32-23(35)13-12-22(34)31-19-10-8-18(9-11-19)25(28)29/h3-11,20-21H,2,12-16H2,1H3,(H3,28,29)(H,30,38)(H,31,34)(H,32,35)(H,33,39)(H,36,37)/t20-,21-/m0/s1. The molecule has 12 heteroatoms. The minimum Gasteiger partial charge on any atom is -0.481 e. The average molecular weight is 539 g/mol. The Morgan fingerprint density at radius 3 is 2.10 bits per heavy atom.